The molecule has 0 radical (unpaired) electrons. The van der Waals surface area contributed by atoms with Gasteiger partial charge in [0.05, 0.1) is 0 Å². The van der Waals surface area contributed by atoms with Gasteiger partial charge in [0.25, 0.3) is 0 Å². The van der Waals surface area contributed by atoms with Crippen LogP contribution in [0, 0.1) is 5.92 Å². The fourth-order valence-corrected chi connectivity index (χ4v) is 1.39. The lowest BCUT2D eigenvalue weighted by molar-refractivity contribution is -0.139. The number of alkyl carbamates (subject to hydrolysis) is 1. The van der Waals surface area contributed by atoms with Crippen LogP contribution in [0.2, 0.25) is 0 Å². The van der Waals surface area contributed by atoms with Crippen LogP contribution in [0.1, 0.15) is 41.5 Å². The molecule has 0 saturated heterocycles. The minimum Gasteiger partial charge on any atom is -0.480 e. The number of carboxylic acid groups (broad SMARTS) is 1. The fourth-order valence-electron chi connectivity index (χ4n) is 1.39. The molecule has 0 saturated carbocycles. The molecule has 19 heavy (non-hydrogen) atoms. The number of amides is 1. The molecule has 112 valence electrons. The maximum absolute atomic E-state index is 11.5. The third-order valence-electron chi connectivity index (χ3n) is 2.50. The zero-order valence-electron chi connectivity index (χ0n) is 12.6. The SMILES string of the molecule is CC(NC(CNC(=O)OC(C)(C)C)C(C)C)C(=O)O. The van der Waals surface area contributed by atoms with Gasteiger partial charge in [0.2, 0.25) is 0 Å². The summed E-state index contributed by atoms with van der Waals surface area (Å²) >= 11 is 0. The van der Waals surface area contributed by atoms with E-state index in [0.29, 0.717) is 6.54 Å². The highest BCUT2D eigenvalue weighted by Crippen LogP contribution is 2.07. The zero-order chi connectivity index (χ0) is 15.2. The lowest BCUT2D eigenvalue weighted by Gasteiger charge is -2.26. The number of ether oxygens (including phenoxy) is 1. The summed E-state index contributed by atoms with van der Waals surface area (Å²) in [7, 11) is 0. The summed E-state index contributed by atoms with van der Waals surface area (Å²) in [6.45, 7) is 11.2. The van der Waals surface area contributed by atoms with Crippen LogP contribution in [0.3, 0.4) is 0 Å². The van der Waals surface area contributed by atoms with Crippen LogP contribution in [-0.4, -0.2) is 41.4 Å². The van der Waals surface area contributed by atoms with Crippen molar-refractivity contribution in [3.63, 3.8) is 0 Å². The first-order valence-corrected chi connectivity index (χ1v) is 6.48. The van der Waals surface area contributed by atoms with Crippen molar-refractivity contribution in [2.45, 2.75) is 59.2 Å². The van der Waals surface area contributed by atoms with Gasteiger partial charge in [-0.2, -0.15) is 0 Å². The standard InChI is InChI=1S/C13H26N2O4/c1-8(2)10(15-9(3)11(16)17)7-14-12(18)19-13(4,5)6/h8-10,15H,7H2,1-6H3,(H,14,18)(H,16,17). The lowest BCUT2D eigenvalue weighted by atomic mass is 10.0. The van der Waals surface area contributed by atoms with Crippen LogP contribution < -0.4 is 10.6 Å². The van der Waals surface area contributed by atoms with Gasteiger partial charge in [-0.3, -0.25) is 10.1 Å². The fraction of sp³-hybridized carbons (Fsp3) is 0.846. The summed E-state index contributed by atoms with van der Waals surface area (Å²) in [5.74, 6) is -0.723. The normalized spacial score (nSPS) is 14.9. The van der Waals surface area contributed by atoms with Crippen LogP contribution in [0.15, 0.2) is 0 Å². The molecule has 3 N–H and O–H groups in total. The molecule has 6 nitrogen and oxygen atoms in total. The largest absolute Gasteiger partial charge is 0.480 e. The topological polar surface area (TPSA) is 87.7 Å². The molecule has 6 heteroatoms. The smallest absolute Gasteiger partial charge is 0.407 e. The van der Waals surface area contributed by atoms with E-state index >= 15 is 0 Å². The molecule has 0 heterocycles. The quantitative estimate of drug-likeness (QED) is 0.684. The van der Waals surface area contributed by atoms with Crippen molar-refractivity contribution in [2.24, 2.45) is 5.92 Å². The van der Waals surface area contributed by atoms with Crippen LogP contribution >= 0.6 is 0 Å². The molecular formula is C13H26N2O4. The minimum absolute atomic E-state index is 0.126. The number of hydrogen-bond acceptors (Lipinski definition) is 4. The monoisotopic (exact) mass is 274 g/mol. The highest BCUT2D eigenvalue weighted by Gasteiger charge is 2.22. The van der Waals surface area contributed by atoms with Gasteiger partial charge < -0.3 is 15.2 Å². The number of carboxylic acids is 1. The molecule has 0 aromatic heterocycles. The third kappa shape index (κ3) is 8.42. The Kier molecular flexibility index (Phi) is 6.83. The molecule has 0 aliphatic heterocycles. The first-order chi connectivity index (χ1) is 8.53. The number of nitrogens with one attached hydrogen (secondary N) is 2. The summed E-state index contributed by atoms with van der Waals surface area (Å²) in [6, 6.07) is -0.786. The van der Waals surface area contributed by atoms with E-state index in [1.807, 2.05) is 13.8 Å². The second-order valence-electron chi connectivity index (χ2n) is 5.96. The first kappa shape index (κ1) is 17.7. The van der Waals surface area contributed by atoms with Gasteiger partial charge in [-0.15, -0.1) is 0 Å². The summed E-state index contributed by atoms with van der Waals surface area (Å²) in [5, 5.41) is 14.5. The molecule has 0 aromatic carbocycles. The van der Waals surface area contributed by atoms with E-state index in [0.717, 1.165) is 0 Å². The molecule has 0 aliphatic carbocycles. The molecule has 0 spiro atoms. The molecule has 0 rings (SSSR count). The van der Waals surface area contributed by atoms with Gasteiger partial charge >= 0.3 is 12.1 Å². The molecule has 2 unspecified atom stereocenters. The van der Waals surface area contributed by atoms with Crippen molar-refractivity contribution in [3.05, 3.63) is 0 Å². The van der Waals surface area contributed by atoms with E-state index in [9.17, 15) is 9.59 Å². The predicted molar refractivity (Wildman–Crippen MR) is 73.1 cm³/mol. The van der Waals surface area contributed by atoms with Gasteiger partial charge in [0, 0.05) is 12.6 Å². The van der Waals surface area contributed by atoms with E-state index in [2.05, 4.69) is 10.6 Å². The zero-order valence-corrected chi connectivity index (χ0v) is 12.6. The Bertz CT molecular complexity index is 310. The number of hydrogen-bond donors (Lipinski definition) is 3. The van der Waals surface area contributed by atoms with Crippen molar-refractivity contribution in [3.8, 4) is 0 Å². The van der Waals surface area contributed by atoms with Gasteiger partial charge in [0.15, 0.2) is 0 Å². The van der Waals surface area contributed by atoms with Crippen LogP contribution in [-0.2, 0) is 9.53 Å². The molecule has 0 aliphatic rings. The summed E-state index contributed by atoms with van der Waals surface area (Å²) in [6.07, 6.45) is -0.497. The molecule has 0 bridgehead atoms. The Labute approximate surface area is 114 Å². The predicted octanol–water partition coefficient (Wildman–Crippen LogP) is 1.60. The Balaban J connectivity index is 4.30. The Hall–Kier alpha value is -1.30. The highest BCUT2D eigenvalue weighted by atomic mass is 16.6. The van der Waals surface area contributed by atoms with Crippen molar-refractivity contribution in [2.75, 3.05) is 6.54 Å². The molecule has 2 atom stereocenters. The van der Waals surface area contributed by atoms with E-state index in [1.165, 1.54) is 0 Å². The van der Waals surface area contributed by atoms with Gasteiger partial charge in [-0.25, -0.2) is 4.79 Å². The van der Waals surface area contributed by atoms with Crippen molar-refractivity contribution < 1.29 is 19.4 Å². The average Bonchev–Trinajstić information content (AvgIpc) is 2.20. The van der Waals surface area contributed by atoms with Crippen LogP contribution in [0.4, 0.5) is 4.79 Å². The molecular weight excluding hydrogens is 248 g/mol. The first-order valence-electron chi connectivity index (χ1n) is 6.48. The third-order valence-corrected chi connectivity index (χ3v) is 2.50. The van der Waals surface area contributed by atoms with Gasteiger partial charge in [0.1, 0.15) is 11.6 Å². The summed E-state index contributed by atoms with van der Waals surface area (Å²) in [4.78, 5) is 22.3. The van der Waals surface area contributed by atoms with Gasteiger partial charge in [-0.05, 0) is 33.6 Å². The second kappa shape index (κ2) is 7.33. The van der Waals surface area contributed by atoms with Crippen molar-refractivity contribution >= 4 is 12.1 Å². The van der Waals surface area contributed by atoms with E-state index in [1.54, 1.807) is 27.7 Å². The van der Waals surface area contributed by atoms with E-state index < -0.39 is 23.7 Å². The summed E-state index contributed by atoms with van der Waals surface area (Å²) < 4.78 is 5.13. The van der Waals surface area contributed by atoms with Crippen LogP contribution in [0.25, 0.3) is 0 Å². The van der Waals surface area contributed by atoms with E-state index in [4.69, 9.17) is 9.84 Å². The number of carbonyl (C=O) groups is 2. The minimum atomic E-state index is -0.914. The molecule has 0 fully saturated rings. The highest BCUT2D eigenvalue weighted by molar-refractivity contribution is 5.73. The Morgan fingerprint density at radius 2 is 1.74 bits per heavy atom. The Morgan fingerprint density at radius 3 is 2.11 bits per heavy atom. The Morgan fingerprint density at radius 1 is 1.21 bits per heavy atom. The average molecular weight is 274 g/mol. The van der Waals surface area contributed by atoms with Crippen molar-refractivity contribution in [1.82, 2.24) is 10.6 Å². The molecule has 1 amide bonds. The maximum Gasteiger partial charge on any atom is 0.407 e. The number of carbonyl (C=O) groups excluding carboxylic acids is 1. The number of aliphatic carboxylic acids is 1. The van der Waals surface area contributed by atoms with Crippen molar-refractivity contribution in [1.29, 1.82) is 0 Å². The second-order valence-corrected chi connectivity index (χ2v) is 5.96. The molecule has 0 aromatic rings. The van der Waals surface area contributed by atoms with Crippen LogP contribution in [0.5, 0.6) is 0 Å². The van der Waals surface area contributed by atoms with E-state index in [-0.39, 0.29) is 12.0 Å². The lowest BCUT2D eigenvalue weighted by Crippen LogP contribution is -2.50. The maximum atomic E-state index is 11.5. The number of rotatable bonds is 6. The summed E-state index contributed by atoms with van der Waals surface area (Å²) in [5.41, 5.74) is -0.542. The van der Waals surface area contributed by atoms with Gasteiger partial charge in [-0.1, -0.05) is 13.8 Å².